The highest BCUT2D eigenvalue weighted by Gasteiger charge is 2.29. The second kappa shape index (κ2) is 9.02. The zero-order valence-electron chi connectivity index (χ0n) is 12.4. The first-order valence-electron chi connectivity index (χ1n) is 7.07. The lowest BCUT2D eigenvalue weighted by molar-refractivity contribution is -0.138. The van der Waals surface area contributed by atoms with Crippen molar-refractivity contribution < 1.29 is 32.6 Å². The fourth-order valence-electron chi connectivity index (χ4n) is 1.75. The summed E-state index contributed by atoms with van der Waals surface area (Å²) in [5, 5.41) is 11.0. The number of unbranched alkanes of at least 4 members (excludes halogenated alkanes) is 1. The van der Waals surface area contributed by atoms with Crippen molar-refractivity contribution in [3.63, 3.8) is 0 Å². The van der Waals surface area contributed by atoms with Crippen molar-refractivity contribution in [2.45, 2.75) is 31.9 Å². The highest BCUT2D eigenvalue weighted by atomic mass is 19.4. The number of hydrogen-bond acceptors (Lipinski definition) is 3. The molecule has 128 valence electrons. The number of carbonyl (C=O) groups excluding carboxylic acids is 1. The molecule has 0 bridgehead atoms. The molecule has 1 aromatic carbocycles. The maximum absolute atomic E-state index is 12.4. The second-order valence-electron chi connectivity index (χ2n) is 4.82. The molecule has 0 radical (unpaired) electrons. The van der Waals surface area contributed by atoms with Gasteiger partial charge in [0.15, 0.2) is 0 Å². The summed E-state index contributed by atoms with van der Waals surface area (Å²) < 4.78 is 42.3. The summed E-state index contributed by atoms with van der Waals surface area (Å²) in [6, 6.07) is 4.29. The fraction of sp³-hybridized carbons (Fsp3) is 0.467. The molecule has 0 atom stereocenters. The SMILES string of the molecule is O=C(O)CCCCC(=O)NCCOc1ccc(C(F)(F)F)cc1. The van der Waals surface area contributed by atoms with Crippen molar-refractivity contribution in [3.05, 3.63) is 29.8 Å². The van der Waals surface area contributed by atoms with Crippen molar-refractivity contribution in [1.82, 2.24) is 5.32 Å². The summed E-state index contributed by atoms with van der Waals surface area (Å²) in [4.78, 5) is 21.7. The second-order valence-corrected chi connectivity index (χ2v) is 4.82. The lowest BCUT2D eigenvalue weighted by atomic mass is 10.2. The average Bonchev–Trinajstić information content (AvgIpc) is 2.47. The predicted molar refractivity (Wildman–Crippen MR) is 76.1 cm³/mol. The van der Waals surface area contributed by atoms with Crippen LogP contribution in [0, 0.1) is 0 Å². The molecular weight excluding hydrogens is 315 g/mol. The molecule has 1 rings (SSSR count). The Labute approximate surface area is 131 Å². The minimum atomic E-state index is -4.38. The smallest absolute Gasteiger partial charge is 0.416 e. The number of hydrogen-bond donors (Lipinski definition) is 2. The van der Waals surface area contributed by atoms with Gasteiger partial charge in [0.2, 0.25) is 5.91 Å². The van der Waals surface area contributed by atoms with E-state index in [2.05, 4.69) is 5.32 Å². The number of benzene rings is 1. The van der Waals surface area contributed by atoms with E-state index in [1.165, 1.54) is 12.1 Å². The Kier molecular flexibility index (Phi) is 7.37. The quantitative estimate of drug-likeness (QED) is 0.682. The standard InChI is InChI=1S/C15H18F3NO4/c16-15(17,18)11-5-7-12(8-6-11)23-10-9-19-13(20)3-1-2-4-14(21)22/h5-8H,1-4,9-10H2,(H,19,20)(H,21,22). The zero-order chi connectivity index (χ0) is 17.3. The molecule has 0 fully saturated rings. The largest absolute Gasteiger partial charge is 0.492 e. The number of rotatable bonds is 9. The van der Waals surface area contributed by atoms with Crippen LogP contribution in [0.5, 0.6) is 5.75 Å². The molecule has 0 saturated heterocycles. The van der Waals surface area contributed by atoms with Gasteiger partial charge in [-0.2, -0.15) is 13.2 Å². The van der Waals surface area contributed by atoms with Crippen LogP contribution in [0.4, 0.5) is 13.2 Å². The molecule has 0 heterocycles. The average molecular weight is 333 g/mol. The number of aliphatic carboxylic acids is 1. The lowest BCUT2D eigenvalue weighted by Crippen LogP contribution is -2.27. The van der Waals surface area contributed by atoms with E-state index in [9.17, 15) is 22.8 Å². The number of ether oxygens (including phenoxy) is 1. The molecule has 8 heteroatoms. The number of carbonyl (C=O) groups is 2. The van der Waals surface area contributed by atoms with Crippen molar-refractivity contribution in [3.8, 4) is 5.75 Å². The van der Waals surface area contributed by atoms with Gasteiger partial charge in [-0.05, 0) is 37.1 Å². The molecule has 2 N–H and O–H groups in total. The molecule has 0 unspecified atom stereocenters. The van der Waals surface area contributed by atoms with Gasteiger partial charge >= 0.3 is 12.1 Å². The fourth-order valence-corrected chi connectivity index (χ4v) is 1.75. The summed E-state index contributed by atoms with van der Waals surface area (Å²) >= 11 is 0. The topological polar surface area (TPSA) is 75.6 Å². The molecule has 0 saturated carbocycles. The van der Waals surface area contributed by atoms with Gasteiger partial charge in [0.25, 0.3) is 0 Å². The molecule has 1 amide bonds. The Morgan fingerprint density at radius 3 is 2.26 bits per heavy atom. The molecule has 0 aliphatic carbocycles. The van der Waals surface area contributed by atoms with E-state index < -0.39 is 17.7 Å². The van der Waals surface area contributed by atoms with Crippen molar-refractivity contribution in [2.75, 3.05) is 13.2 Å². The van der Waals surface area contributed by atoms with Gasteiger partial charge in [0, 0.05) is 12.8 Å². The van der Waals surface area contributed by atoms with Crippen molar-refractivity contribution in [2.24, 2.45) is 0 Å². The van der Waals surface area contributed by atoms with Gasteiger partial charge < -0.3 is 15.2 Å². The van der Waals surface area contributed by atoms with Crippen LogP contribution in [-0.4, -0.2) is 30.1 Å². The van der Waals surface area contributed by atoms with Gasteiger partial charge in [-0.3, -0.25) is 9.59 Å². The highest BCUT2D eigenvalue weighted by molar-refractivity contribution is 5.75. The molecular formula is C15H18F3NO4. The number of carboxylic acids is 1. The summed E-state index contributed by atoms with van der Waals surface area (Å²) in [5.74, 6) is -0.824. The minimum absolute atomic E-state index is 0.0321. The van der Waals surface area contributed by atoms with E-state index in [4.69, 9.17) is 9.84 Å². The maximum atomic E-state index is 12.4. The summed E-state index contributed by atoms with van der Waals surface area (Å²) in [7, 11) is 0. The van der Waals surface area contributed by atoms with Crippen LogP contribution in [0.25, 0.3) is 0 Å². The molecule has 0 aliphatic rings. The number of halogens is 3. The van der Waals surface area contributed by atoms with Crippen LogP contribution in [0.2, 0.25) is 0 Å². The van der Waals surface area contributed by atoms with Gasteiger partial charge in [-0.15, -0.1) is 0 Å². The van der Waals surface area contributed by atoms with E-state index in [0.29, 0.717) is 12.8 Å². The van der Waals surface area contributed by atoms with Crippen LogP contribution < -0.4 is 10.1 Å². The zero-order valence-corrected chi connectivity index (χ0v) is 12.4. The van der Waals surface area contributed by atoms with Gasteiger partial charge in [-0.25, -0.2) is 0 Å². The Hall–Kier alpha value is -2.25. The number of alkyl halides is 3. The van der Waals surface area contributed by atoms with Gasteiger partial charge in [0.1, 0.15) is 12.4 Å². The highest BCUT2D eigenvalue weighted by Crippen LogP contribution is 2.30. The number of nitrogens with one attached hydrogen (secondary N) is 1. The monoisotopic (exact) mass is 333 g/mol. The Morgan fingerprint density at radius 1 is 1.09 bits per heavy atom. The summed E-state index contributed by atoms with van der Waals surface area (Å²) in [6.45, 7) is 0.352. The minimum Gasteiger partial charge on any atom is -0.492 e. The maximum Gasteiger partial charge on any atom is 0.416 e. The molecule has 5 nitrogen and oxygen atoms in total. The molecule has 1 aromatic rings. The van der Waals surface area contributed by atoms with Crippen molar-refractivity contribution in [1.29, 1.82) is 0 Å². The Morgan fingerprint density at radius 2 is 1.70 bits per heavy atom. The summed E-state index contributed by atoms with van der Waals surface area (Å²) in [5.41, 5.74) is -0.750. The van der Waals surface area contributed by atoms with Crippen LogP contribution in [0.3, 0.4) is 0 Å². The first-order valence-corrected chi connectivity index (χ1v) is 7.07. The molecule has 23 heavy (non-hydrogen) atoms. The summed E-state index contributed by atoms with van der Waals surface area (Å²) in [6.07, 6.45) is -3.20. The van der Waals surface area contributed by atoms with E-state index in [0.717, 1.165) is 12.1 Å². The third-order valence-electron chi connectivity index (χ3n) is 2.92. The Balaban J connectivity index is 2.17. The first-order chi connectivity index (χ1) is 10.8. The van der Waals surface area contributed by atoms with E-state index in [-0.39, 0.29) is 37.6 Å². The molecule has 0 aromatic heterocycles. The third-order valence-corrected chi connectivity index (χ3v) is 2.92. The number of amides is 1. The van der Waals surface area contributed by atoms with Crippen LogP contribution in [-0.2, 0) is 15.8 Å². The van der Waals surface area contributed by atoms with Crippen molar-refractivity contribution >= 4 is 11.9 Å². The van der Waals surface area contributed by atoms with Crippen LogP contribution in [0.15, 0.2) is 24.3 Å². The van der Waals surface area contributed by atoms with Gasteiger partial charge in [0.05, 0.1) is 12.1 Å². The number of carboxylic acid groups (broad SMARTS) is 1. The van der Waals surface area contributed by atoms with E-state index >= 15 is 0 Å². The van der Waals surface area contributed by atoms with Gasteiger partial charge in [-0.1, -0.05) is 0 Å². The third kappa shape index (κ3) is 8.08. The Bertz CT molecular complexity index is 514. The lowest BCUT2D eigenvalue weighted by Gasteiger charge is -2.10. The predicted octanol–water partition coefficient (Wildman–Crippen LogP) is 2.85. The molecule has 0 spiro atoms. The van der Waals surface area contributed by atoms with Crippen LogP contribution >= 0.6 is 0 Å². The van der Waals surface area contributed by atoms with E-state index in [1.807, 2.05) is 0 Å². The normalized spacial score (nSPS) is 11.1. The van der Waals surface area contributed by atoms with Crippen LogP contribution in [0.1, 0.15) is 31.2 Å². The molecule has 0 aliphatic heterocycles. The first kappa shape index (κ1) is 18.8. The van der Waals surface area contributed by atoms with E-state index in [1.54, 1.807) is 0 Å².